The highest BCUT2D eigenvalue weighted by atomic mass is 32.2. The predicted octanol–water partition coefficient (Wildman–Crippen LogP) is 4.31. The molecule has 5 heteroatoms. The summed E-state index contributed by atoms with van der Waals surface area (Å²) in [5.74, 6) is -0.861. The molecule has 2 aromatic carbocycles. The minimum Gasteiger partial charge on any atom is -0.392 e. The molecule has 0 bridgehead atoms. The highest BCUT2D eigenvalue weighted by Crippen LogP contribution is 2.47. The number of Topliss-reactive ketones (excluding diaryl/α,β-unsaturated/α-hetero) is 1. The molecule has 1 fully saturated rings. The molecule has 1 aliphatic carbocycles. The van der Waals surface area contributed by atoms with Crippen LogP contribution in [0.2, 0.25) is 0 Å². The van der Waals surface area contributed by atoms with Crippen LogP contribution in [-0.2, 0) is 21.0 Å². The smallest absolute Gasteiger partial charge is 0.138 e. The van der Waals surface area contributed by atoms with E-state index in [0.29, 0.717) is 34.6 Å². The molecule has 0 heterocycles. The maximum absolute atomic E-state index is 13.4. The quantitative estimate of drug-likeness (QED) is 0.771. The van der Waals surface area contributed by atoms with Crippen molar-refractivity contribution in [2.75, 3.05) is 0 Å². The van der Waals surface area contributed by atoms with E-state index in [1.54, 1.807) is 6.07 Å². The van der Waals surface area contributed by atoms with Crippen molar-refractivity contribution in [2.24, 2.45) is 11.8 Å². The van der Waals surface area contributed by atoms with Gasteiger partial charge in [0.05, 0.1) is 28.4 Å². The second kappa shape index (κ2) is 8.61. The summed E-state index contributed by atoms with van der Waals surface area (Å²) in [5.41, 5.74) is 0.736. The molecule has 0 spiro atoms. The summed E-state index contributed by atoms with van der Waals surface area (Å²) >= 11 is 0. The minimum absolute atomic E-state index is 0.0166. The van der Waals surface area contributed by atoms with Crippen LogP contribution in [0.25, 0.3) is 0 Å². The van der Waals surface area contributed by atoms with Gasteiger partial charge in [0.25, 0.3) is 0 Å². The Morgan fingerprint density at radius 3 is 2.52 bits per heavy atom. The molecular formula is C24H27NO3S. The van der Waals surface area contributed by atoms with E-state index in [1.807, 2.05) is 63.2 Å². The van der Waals surface area contributed by atoms with Crippen LogP contribution < -0.4 is 0 Å². The second-order valence-corrected chi connectivity index (χ2v) is 9.45. The third-order valence-electron chi connectivity index (χ3n) is 6.20. The number of hydrogen-bond acceptors (Lipinski definition) is 4. The zero-order valence-corrected chi connectivity index (χ0v) is 17.9. The van der Waals surface area contributed by atoms with Gasteiger partial charge < -0.3 is 5.11 Å². The molecular weight excluding hydrogens is 382 g/mol. The molecule has 0 radical (unpaired) electrons. The fraction of sp³-hybridized carbons (Fsp3) is 0.417. The highest BCUT2D eigenvalue weighted by Gasteiger charge is 2.50. The fourth-order valence-electron chi connectivity index (χ4n) is 4.44. The summed E-state index contributed by atoms with van der Waals surface area (Å²) in [6, 6.07) is 17.2. The van der Waals surface area contributed by atoms with Crippen molar-refractivity contribution < 1.29 is 14.1 Å². The Labute approximate surface area is 175 Å². The number of carbonyl (C=O) groups excluding carboxylic acids is 1. The highest BCUT2D eigenvalue weighted by molar-refractivity contribution is 7.85. The lowest BCUT2D eigenvalue weighted by Crippen LogP contribution is -2.40. The van der Waals surface area contributed by atoms with Crippen LogP contribution in [0.4, 0.5) is 0 Å². The number of nitrogens with zero attached hydrogens (tertiary/aromatic N) is 1. The van der Waals surface area contributed by atoms with Gasteiger partial charge in [-0.3, -0.25) is 4.79 Å². The largest absolute Gasteiger partial charge is 0.392 e. The first-order valence-electron chi connectivity index (χ1n) is 10.0. The van der Waals surface area contributed by atoms with Crippen molar-refractivity contribution in [1.29, 1.82) is 5.26 Å². The van der Waals surface area contributed by atoms with Crippen molar-refractivity contribution in [3.63, 3.8) is 0 Å². The maximum Gasteiger partial charge on any atom is 0.138 e. The van der Waals surface area contributed by atoms with Gasteiger partial charge in [0.1, 0.15) is 5.78 Å². The molecule has 0 unspecified atom stereocenters. The zero-order chi connectivity index (χ0) is 21.2. The summed E-state index contributed by atoms with van der Waals surface area (Å²) in [4.78, 5) is 13.8. The number of aliphatic hydroxyl groups excluding tert-OH is 1. The molecule has 152 valence electrons. The molecule has 1 N–H and O–H groups in total. The molecule has 0 amide bonds. The van der Waals surface area contributed by atoms with Crippen LogP contribution in [-0.4, -0.2) is 21.2 Å². The first kappa shape index (κ1) is 21.4. The number of hydrogen-bond donors (Lipinski definition) is 1. The molecule has 29 heavy (non-hydrogen) atoms. The average Bonchev–Trinajstić information content (AvgIpc) is 3.14. The lowest BCUT2D eigenvalue weighted by Gasteiger charge is -2.35. The standard InChI is InChI=1S/C24H27NO3S/c1-4-20(26)23-19(13-14-21(23)27)24(3,15-25)18-7-5-6-8-22(18)29(28)17-11-9-16(2)10-12-17/h5-12,19-20,23,26H,4,13-14H2,1-3H3/t19-,20+,23-,24-,29-/m0/s1. The van der Waals surface area contributed by atoms with Crippen LogP contribution >= 0.6 is 0 Å². The summed E-state index contributed by atoms with van der Waals surface area (Å²) in [5, 5.41) is 20.7. The summed E-state index contributed by atoms with van der Waals surface area (Å²) in [6.07, 6.45) is 0.617. The van der Waals surface area contributed by atoms with Gasteiger partial charge in [0.15, 0.2) is 0 Å². The van der Waals surface area contributed by atoms with E-state index in [9.17, 15) is 19.4 Å². The molecule has 4 nitrogen and oxygen atoms in total. The number of benzene rings is 2. The van der Waals surface area contributed by atoms with Gasteiger partial charge in [-0.2, -0.15) is 5.26 Å². The van der Waals surface area contributed by atoms with Crippen LogP contribution in [0.15, 0.2) is 58.3 Å². The Bertz CT molecular complexity index is 963. The molecule has 0 aromatic heterocycles. The van der Waals surface area contributed by atoms with Gasteiger partial charge in [-0.25, -0.2) is 4.21 Å². The van der Waals surface area contributed by atoms with Crippen LogP contribution in [0.5, 0.6) is 0 Å². The number of nitriles is 1. The Morgan fingerprint density at radius 2 is 1.90 bits per heavy atom. The summed E-state index contributed by atoms with van der Waals surface area (Å²) < 4.78 is 13.4. The van der Waals surface area contributed by atoms with Crippen molar-refractivity contribution in [2.45, 2.75) is 61.3 Å². The Balaban J connectivity index is 2.09. The molecule has 2 aromatic rings. The van der Waals surface area contributed by atoms with E-state index < -0.39 is 28.2 Å². The van der Waals surface area contributed by atoms with Crippen LogP contribution in [0.1, 0.15) is 44.2 Å². The van der Waals surface area contributed by atoms with Gasteiger partial charge in [0.2, 0.25) is 0 Å². The molecule has 3 rings (SSSR count). The molecule has 0 aliphatic heterocycles. The van der Waals surface area contributed by atoms with Crippen molar-refractivity contribution >= 4 is 16.6 Å². The third kappa shape index (κ3) is 3.92. The van der Waals surface area contributed by atoms with E-state index in [0.717, 1.165) is 5.56 Å². The molecule has 0 saturated heterocycles. The SMILES string of the molecule is CC[C@@H](O)[C@H]1C(=O)CC[C@@H]1[C@@](C)(C#N)c1ccccc1[S@@](=O)c1ccc(C)cc1. The minimum atomic E-state index is -1.45. The number of ketones is 1. The van der Waals surface area contributed by atoms with E-state index in [-0.39, 0.29) is 11.7 Å². The van der Waals surface area contributed by atoms with Gasteiger partial charge in [-0.1, -0.05) is 42.8 Å². The lowest BCUT2D eigenvalue weighted by molar-refractivity contribution is -0.125. The van der Waals surface area contributed by atoms with Crippen LogP contribution in [0, 0.1) is 30.1 Å². The van der Waals surface area contributed by atoms with E-state index >= 15 is 0 Å². The third-order valence-corrected chi connectivity index (χ3v) is 7.65. The van der Waals surface area contributed by atoms with Crippen LogP contribution in [0.3, 0.4) is 0 Å². The Kier molecular flexibility index (Phi) is 6.36. The summed E-state index contributed by atoms with van der Waals surface area (Å²) in [6.45, 7) is 5.64. The maximum atomic E-state index is 13.4. The topological polar surface area (TPSA) is 78.2 Å². The predicted molar refractivity (Wildman–Crippen MR) is 113 cm³/mol. The number of rotatable bonds is 6. The van der Waals surface area contributed by atoms with Crippen molar-refractivity contribution in [3.05, 3.63) is 59.7 Å². The normalized spacial score (nSPS) is 23.2. The van der Waals surface area contributed by atoms with Gasteiger partial charge in [-0.05, 0) is 56.4 Å². The van der Waals surface area contributed by atoms with Crippen molar-refractivity contribution in [3.8, 4) is 6.07 Å². The van der Waals surface area contributed by atoms with Gasteiger partial charge in [0, 0.05) is 22.1 Å². The monoisotopic (exact) mass is 409 g/mol. The molecule has 5 atom stereocenters. The fourth-order valence-corrected chi connectivity index (χ4v) is 5.76. The van der Waals surface area contributed by atoms with Gasteiger partial charge >= 0.3 is 0 Å². The number of aryl methyl sites for hydroxylation is 1. The van der Waals surface area contributed by atoms with E-state index in [4.69, 9.17) is 0 Å². The Hall–Kier alpha value is -2.29. The molecule has 1 saturated carbocycles. The van der Waals surface area contributed by atoms with Gasteiger partial charge in [-0.15, -0.1) is 0 Å². The molecule has 1 aliphatic rings. The van der Waals surface area contributed by atoms with E-state index in [1.165, 1.54) is 0 Å². The Morgan fingerprint density at radius 1 is 1.24 bits per heavy atom. The first-order valence-corrected chi connectivity index (χ1v) is 11.2. The zero-order valence-electron chi connectivity index (χ0n) is 17.1. The lowest BCUT2D eigenvalue weighted by atomic mass is 9.67. The first-order chi connectivity index (χ1) is 13.8. The number of carbonyl (C=O) groups is 1. The second-order valence-electron chi connectivity index (χ2n) is 8.00. The van der Waals surface area contributed by atoms with Crippen molar-refractivity contribution in [1.82, 2.24) is 0 Å². The number of aliphatic hydroxyl groups is 1. The summed E-state index contributed by atoms with van der Waals surface area (Å²) in [7, 11) is -1.45. The average molecular weight is 410 g/mol. The van der Waals surface area contributed by atoms with E-state index in [2.05, 4.69) is 6.07 Å².